The van der Waals surface area contributed by atoms with E-state index in [1.54, 1.807) is 0 Å². The number of hydrogen-bond acceptors (Lipinski definition) is 0. The van der Waals surface area contributed by atoms with Gasteiger partial charge < -0.3 is 4.57 Å². The molecule has 0 atom stereocenters. The molecule has 8 aromatic carbocycles. The molecular formula is C50H37N. The minimum Gasteiger partial charge on any atom is -0.308 e. The van der Waals surface area contributed by atoms with Gasteiger partial charge in [-0.3, -0.25) is 0 Å². The largest absolute Gasteiger partial charge is 0.308 e. The van der Waals surface area contributed by atoms with Crippen LogP contribution in [0.2, 0.25) is 0 Å². The van der Waals surface area contributed by atoms with Crippen LogP contribution in [0.3, 0.4) is 0 Å². The summed E-state index contributed by atoms with van der Waals surface area (Å²) in [5.74, 6) is 0. The molecule has 0 aliphatic carbocycles. The van der Waals surface area contributed by atoms with Crippen LogP contribution >= 0.6 is 0 Å². The smallest absolute Gasteiger partial charge is 0.0582 e. The molecule has 0 unspecified atom stereocenters. The monoisotopic (exact) mass is 651 g/mol. The van der Waals surface area contributed by atoms with Gasteiger partial charge in [-0.2, -0.15) is 0 Å². The van der Waals surface area contributed by atoms with Crippen LogP contribution in [0, 0.1) is 0 Å². The Labute approximate surface area is 298 Å². The zero-order chi connectivity index (χ0) is 34.2. The van der Waals surface area contributed by atoms with Crippen molar-refractivity contribution in [1.29, 1.82) is 0 Å². The van der Waals surface area contributed by atoms with E-state index in [0.29, 0.717) is 0 Å². The van der Waals surface area contributed by atoms with E-state index in [1.165, 1.54) is 105 Å². The molecule has 0 radical (unpaired) electrons. The summed E-state index contributed by atoms with van der Waals surface area (Å²) in [5, 5.41) is 7.85. The topological polar surface area (TPSA) is 4.93 Å². The van der Waals surface area contributed by atoms with Crippen molar-refractivity contribution in [3.63, 3.8) is 0 Å². The average Bonchev–Trinajstić information content (AvgIpc) is 3.50. The number of aromatic nitrogens is 1. The molecule has 0 amide bonds. The van der Waals surface area contributed by atoms with E-state index in [0.717, 1.165) is 0 Å². The molecule has 242 valence electrons. The number of fused-ring (bicyclic) bond motifs is 3. The molecule has 1 aromatic heterocycles. The molecule has 11 rings (SSSR count). The molecule has 0 N–H and O–H groups in total. The molecular weight excluding hydrogens is 615 g/mol. The van der Waals surface area contributed by atoms with E-state index in [9.17, 15) is 0 Å². The highest BCUT2D eigenvalue weighted by atomic mass is 15.0. The predicted octanol–water partition coefficient (Wildman–Crippen LogP) is 13.4. The first-order chi connectivity index (χ1) is 24.8. The third kappa shape index (κ3) is 3.66. The van der Waals surface area contributed by atoms with E-state index in [2.05, 4.69) is 184 Å². The first-order valence-electron chi connectivity index (χ1n) is 18.2. The Morgan fingerprint density at radius 1 is 0.333 bits per heavy atom. The normalized spacial score (nSPS) is 15.0. The van der Waals surface area contributed by atoms with Gasteiger partial charge in [0.15, 0.2) is 0 Å². The van der Waals surface area contributed by atoms with Crippen molar-refractivity contribution in [3.8, 4) is 39.1 Å². The Balaban J connectivity index is 1.25. The maximum absolute atomic E-state index is 2.62. The van der Waals surface area contributed by atoms with E-state index in [1.807, 2.05) is 0 Å². The molecule has 2 aliphatic rings. The highest BCUT2D eigenvalue weighted by Gasteiger charge is 2.43. The third-order valence-electron chi connectivity index (χ3n) is 12.3. The Bertz CT molecular complexity index is 2840. The molecule has 0 saturated heterocycles. The first kappa shape index (κ1) is 28.9. The van der Waals surface area contributed by atoms with Gasteiger partial charge in [0.1, 0.15) is 0 Å². The van der Waals surface area contributed by atoms with Crippen molar-refractivity contribution >= 4 is 43.4 Å². The molecule has 9 aromatic rings. The van der Waals surface area contributed by atoms with Crippen molar-refractivity contribution < 1.29 is 0 Å². The van der Waals surface area contributed by atoms with E-state index in [-0.39, 0.29) is 10.8 Å². The fraction of sp³-hybridized carbons (Fsp3) is 0.120. The van der Waals surface area contributed by atoms with Gasteiger partial charge in [0.05, 0.1) is 16.7 Å². The van der Waals surface area contributed by atoms with E-state index in [4.69, 9.17) is 0 Å². The van der Waals surface area contributed by atoms with Crippen molar-refractivity contribution in [2.75, 3.05) is 0 Å². The fourth-order valence-corrected chi connectivity index (χ4v) is 9.82. The van der Waals surface area contributed by atoms with Crippen molar-refractivity contribution in [2.24, 2.45) is 0 Å². The summed E-state index contributed by atoms with van der Waals surface area (Å²) in [6.45, 7) is 9.71. The van der Waals surface area contributed by atoms with Gasteiger partial charge in [0.2, 0.25) is 0 Å². The average molecular weight is 652 g/mol. The number of nitrogens with zero attached hydrogens (tertiary/aromatic N) is 1. The quantitative estimate of drug-likeness (QED) is 0.168. The summed E-state index contributed by atoms with van der Waals surface area (Å²) in [4.78, 5) is 0. The summed E-state index contributed by atoms with van der Waals surface area (Å²) < 4.78 is 2.62. The number of benzene rings is 8. The van der Waals surface area contributed by atoms with Crippen LogP contribution in [0.25, 0.3) is 82.4 Å². The maximum Gasteiger partial charge on any atom is 0.0582 e. The second-order valence-electron chi connectivity index (χ2n) is 15.7. The molecule has 0 bridgehead atoms. The van der Waals surface area contributed by atoms with Crippen LogP contribution < -0.4 is 0 Å². The highest BCUT2D eigenvalue weighted by Crippen LogP contribution is 2.56. The summed E-state index contributed by atoms with van der Waals surface area (Å²) in [6, 6.07) is 57.0. The van der Waals surface area contributed by atoms with Crippen molar-refractivity contribution in [3.05, 3.63) is 174 Å². The van der Waals surface area contributed by atoms with Gasteiger partial charge in [-0.1, -0.05) is 161 Å². The Morgan fingerprint density at radius 2 is 0.784 bits per heavy atom. The summed E-state index contributed by atoms with van der Waals surface area (Å²) in [5.41, 5.74) is 17.0. The summed E-state index contributed by atoms with van der Waals surface area (Å²) in [7, 11) is 0. The second kappa shape index (κ2) is 9.86. The summed E-state index contributed by atoms with van der Waals surface area (Å²) >= 11 is 0. The molecule has 1 heteroatoms. The van der Waals surface area contributed by atoms with Gasteiger partial charge in [-0.25, -0.2) is 0 Å². The van der Waals surface area contributed by atoms with Gasteiger partial charge >= 0.3 is 0 Å². The lowest BCUT2D eigenvalue weighted by Crippen LogP contribution is -2.33. The standard InChI is InChI=1S/C50H37N/c1-49(2)40-23-13-21-37-38-22-14-24-41-47(38)51(46(37)40)48-42(49)28-33(29-43(48)50(41,3)4)32-25-26-36-39(27-32)45(31-17-9-6-10-18-31)35-20-12-11-19-34(35)44(36)30-15-7-5-8-16-30/h5-29H,1-4H3. The fourth-order valence-electron chi connectivity index (χ4n) is 9.82. The van der Waals surface area contributed by atoms with Gasteiger partial charge in [-0.15, -0.1) is 0 Å². The minimum atomic E-state index is -0.166. The Morgan fingerprint density at radius 3 is 1.31 bits per heavy atom. The lowest BCUT2D eigenvalue weighted by Gasteiger charge is -2.42. The minimum absolute atomic E-state index is 0.166. The van der Waals surface area contributed by atoms with Crippen LogP contribution in [0.5, 0.6) is 0 Å². The predicted molar refractivity (Wildman–Crippen MR) is 216 cm³/mol. The Hall–Kier alpha value is -5.92. The van der Waals surface area contributed by atoms with Gasteiger partial charge in [-0.05, 0) is 95.4 Å². The van der Waals surface area contributed by atoms with Crippen molar-refractivity contribution in [1.82, 2.24) is 4.57 Å². The first-order valence-corrected chi connectivity index (χ1v) is 18.2. The van der Waals surface area contributed by atoms with Crippen LogP contribution in [-0.4, -0.2) is 4.57 Å². The molecule has 0 spiro atoms. The van der Waals surface area contributed by atoms with Crippen molar-refractivity contribution in [2.45, 2.75) is 38.5 Å². The van der Waals surface area contributed by atoms with Crippen LogP contribution in [0.1, 0.15) is 49.9 Å². The van der Waals surface area contributed by atoms with Gasteiger partial charge in [0.25, 0.3) is 0 Å². The van der Waals surface area contributed by atoms with E-state index < -0.39 is 0 Å². The second-order valence-corrected chi connectivity index (χ2v) is 15.7. The summed E-state index contributed by atoms with van der Waals surface area (Å²) in [6.07, 6.45) is 0. The number of hydrogen-bond donors (Lipinski definition) is 0. The van der Waals surface area contributed by atoms with Crippen LogP contribution in [0.15, 0.2) is 152 Å². The Kier molecular flexibility index (Phi) is 5.58. The molecule has 3 heterocycles. The van der Waals surface area contributed by atoms with E-state index >= 15 is 0 Å². The highest BCUT2D eigenvalue weighted by molar-refractivity contribution is 6.22. The number of rotatable bonds is 3. The molecule has 51 heavy (non-hydrogen) atoms. The molecule has 2 aliphatic heterocycles. The third-order valence-corrected chi connectivity index (χ3v) is 12.3. The number of para-hydroxylation sites is 2. The molecule has 1 nitrogen and oxygen atoms in total. The molecule has 0 saturated carbocycles. The zero-order valence-corrected chi connectivity index (χ0v) is 29.4. The SMILES string of the molecule is CC1(C)c2cc(-c3ccc4c(-c5ccccc5)c5ccccc5c(-c5ccccc5)c4c3)cc3c2-n2c4c1cccc4c1cccc(c12)C3(C)C. The van der Waals surface area contributed by atoms with Gasteiger partial charge in [0, 0.05) is 21.6 Å². The lowest BCUT2D eigenvalue weighted by molar-refractivity contribution is 0.594. The lowest BCUT2D eigenvalue weighted by atomic mass is 9.68. The zero-order valence-electron chi connectivity index (χ0n) is 29.4. The van der Waals surface area contributed by atoms with Crippen LogP contribution in [-0.2, 0) is 10.8 Å². The van der Waals surface area contributed by atoms with Crippen LogP contribution in [0.4, 0.5) is 0 Å². The molecule has 0 fully saturated rings. The maximum atomic E-state index is 2.62.